The van der Waals surface area contributed by atoms with Crippen LogP contribution in [-0.4, -0.2) is 17.4 Å². The normalized spacial score (nSPS) is 12.2. The van der Waals surface area contributed by atoms with Gasteiger partial charge in [-0.15, -0.1) is 0 Å². The summed E-state index contributed by atoms with van der Waals surface area (Å²) in [5, 5.41) is 2.82. The topological polar surface area (TPSA) is 62.0 Å². The second-order valence-corrected chi connectivity index (χ2v) is 4.95. The van der Waals surface area contributed by atoms with Gasteiger partial charge in [-0.2, -0.15) is 0 Å². The largest absolute Gasteiger partial charge is 0.352 e. The van der Waals surface area contributed by atoms with Crippen molar-refractivity contribution in [3.05, 3.63) is 33.2 Å². The van der Waals surface area contributed by atoms with Gasteiger partial charge < -0.3 is 10.3 Å². The van der Waals surface area contributed by atoms with E-state index in [-0.39, 0.29) is 17.0 Å². The Morgan fingerprint density at radius 3 is 2.53 bits per heavy atom. The Kier molecular flexibility index (Phi) is 5.80. The second kappa shape index (κ2) is 7.12. The van der Waals surface area contributed by atoms with Gasteiger partial charge in [0.05, 0.1) is 0 Å². The SMILES string of the molecule is CCc1cc(C(=O)NC[C@H](C)CC)c(=O)[nH]c1CC. The zero-order valence-corrected chi connectivity index (χ0v) is 12.3. The molecule has 0 bridgehead atoms. The van der Waals surface area contributed by atoms with Crippen LogP contribution in [0.5, 0.6) is 0 Å². The molecular weight excluding hydrogens is 240 g/mol. The van der Waals surface area contributed by atoms with Crippen LogP contribution < -0.4 is 10.9 Å². The second-order valence-electron chi connectivity index (χ2n) is 4.95. The Bertz CT molecular complexity index is 491. The molecule has 1 aromatic heterocycles. The number of hydrogen-bond donors (Lipinski definition) is 2. The van der Waals surface area contributed by atoms with Gasteiger partial charge in [-0.05, 0) is 30.4 Å². The van der Waals surface area contributed by atoms with E-state index in [0.29, 0.717) is 12.5 Å². The zero-order chi connectivity index (χ0) is 14.4. The average Bonchev–Trinajstić information content (AvgIpc) is 2.43. The molecule has 0 saturated heterocycles. The molecule has 0 aliphatic rings. The lowest BCUT2D eigenvalue weighted by Crippen LogP contribution is -2.33. The highest BCUT2D eigenvalue weighted by atomic mass is 16.2. The first kappa shape index (κ1) is 15.5. The molecule has 0 aliphatic carbocycles. The molecule has 0 aromatic carbocycles. The number of aryl methyl sites for hydroxylation is 2. The average molecular weight is 264 g/mol. The van der Waals surface area contributed by atoms with Crippen LogP contribution in [-0.2, 0) is 12.8 Å². The van der Waals surface area contributed by atoms with Crippen molar-refractivity contribution in [1.29, 1.82) is 0 Å². The Hall–Kier alpha value is -1.58. The van der Waals surface area contributed by atoms with Crippen molar-refractivity contribution in [2.45, 2.75) is 47.0 Å². The summed E-state index contributed by atoms with van der Waals surface area (Å²) in [4.78, 5) is 26.7. The zero-order valence-electron chi connectivity index (χ0n) is 12.3. The van der Waals surface area contributed by atoms with Crippen molar-refractivity contribution in [3.63, 3.8) is 0 Å². The van der Waals surface area contributed by atoms with Gasteiger partial charge in [0, 0.05) is 12.2 Å². The van der Waals surface area contributed by atoms with Crippen LogP contribution in [0, 0.1) is 5.92 Å². The first-order valence-corrected chi connectivity index (χ1v) is 7.06. The fourth-order valence-electron chi connectivity index (χ4n) is 1.92. The fraction of sp³-hybridized carbons (Fsp3) is 0.600. The molecule has 0 fully saturated rings. The molecule has 4 nitrogen and oxygen atoms in total. The van der Waals surface area contributed by atoms with Crippen molar-refractivity contribution in [1.82, 2.24) is 10.3 Å². The monoisotopic (exact) mass is 264 g/mol. The van der Waals surface area contributed by atoms with Crippen molar-refractivity contribution >= 4 is 5.91 Å². The summed E-state index contributed by atoms with van der Waals surface area (Å²) >= 11 is 0. The molecule has 1 atom stereocenters. The molecule has 19 heavy (non-hydrogen) atoms. The van der Waals surface area contributed by atoms with Gasteiger partial charge in [0.2, 0.25) is 0 Å². The Morgan fingerprint density at radius 2 is 2.00 bits per heavy atom. The lowest BCUT2D eigenvalue weighted by molar-refractivity contribution is 0.0946. The van der Waals surface area contributed by atoms with E-state index < -0.39 is 0 Å². The summed E-state index contributed by atoms with van der Waals surface area (Å²) in [7, 11) is 0. The number of carbonyl (C=O) groups is 1. The predicted molar refractivity (Wildman–Crippen MR) is 77.6 cm³/mol. The van der Waals surface area contributed by atoms with Crippen molar-refractivity contribution < 1.29 is 4.79 Å². The number of rotatable bonds is 6. The number of pyridine rings is 1. The number of amides is 1. The molecule has 106 valence electrons. The smallest absolute Gasteiger partial charge is 0.261 e. The summed E-state index contributed by atoms with van der Waals surface area (Å²) in [5.41, 5.74) is 1.88. The van der Waals surface area contributed by atoms with Gasteiger partial charge in [-0.25, -0.2) is 0 Å². The first-order valence-electron chi connectivity index (χ1n) is 7.06. The fourth-order valence-corrected chi connectivity index (χ4v) is 1.92. The molecular formula is C15H24N2O2. The van der Waals surface area contributed by atoms with Crippen LogP contribution in [0.15, 0.2) is 10.9 Å². The molecule has 2 N–H and O–H groups in total. The van der Waals surface area contributed by atoms with E-state index in [9.17, 15) is 9.59 Å². The van der Waals surface area contributed by atoms with E-state index in [2.05, 4.69) is 24.1 Å². The Balaban J connectivity index is 2.94. The van der Waals surface area contributed by atoms with E-state index in [1.165, 1.54) is 0 Å². The van der Waals surface area contributed by atoms with Crippen molar-refractivity contribution in [2.24, 2.45) is 5.92 Å². The van der Waals surface area contributed by atoms with Crippen LogP contribution in [0.25, 0.3) is 0 Å². The first-order chi connectivity index (χ1) is 9.03. The molecule has 0 spiro atoms. The molecule has 0 unspecified atom stereocenters. The lowest BCUT2D eigenvalue weighted by Gasteiger charge is -2.11. The highest BCUT2D eigenvalue weighted by Crippen LogP contribution is 2.08. The van der Waals surface area contributed by atoms with E-state index in [1.807, 2.05) is 13.8 Å². The van der Waals surface area contributed by atoms with Crippen molar-refractivity contribution in [2.75, 3.05) is 6.54 Å². The van der Waals surface area contributed by atoms with Crippen molar-refractivity contribution in [3.8, 4) is 0 Å². The van der Waals surface area contributed by atoms with Gasteiger partial charge in [0.1, 0.15) is 5.56 Å². The highest BCUT2D eigenvalue weighted by Gasteiger charge is 2.14. The minimum absolute atomic E-state index is 0.220. The van der Waals surface area contributed by atoms with E-state index >= 15 is 0 Å². The van der Waals surface area contributed by atoms with Gasteiger partial charge in [0.25, 0.3) is 11.5 Å². The van der Waals surface area contributed by atoms with Gasteiger partial charge in [-0.1, -0.05) is 34.1 Å². The van der Waals surface area contributed by atoms with E-state index in [1.54, 1.807) is 6.07 Å². The number of aromatic nitrogens is 1. The highest BCUT2D eigenvalue weighted by molar-refractivity contribution is 5.94. The maximum atomic E-state index is 12.0. The summed E-state index contributed by atoms with van der Waals surface area (Å²) in [5.74, 6) is 0.141. The molecule has 1 amide bonds. The quantitative estimate of drug-likeness (QED) is 0.828. The predicted octanol–water partition coefficient (Wildman–Crippen LogP) is 2.28. The number of H-pyrrole nitrogens is 1. The molecule has 0 saturated carbocycles. The molecule has 0 radical (unpaired) electrons. The number of hydrogen-bond acceptors (Lipinski definition) is 2. The molecule has 0 aliphatic heterocycles. The summed E-state index contributed by atoms with van der Waals surface area (Å²) in [6.07, 6.45) is 2.59. The summed E-state index contributed by atoms with van der Waals surface area (Å²) in [6.45, 7) is 8.77. The third kappa shape index (κ3) is 3.94. The third-order valence-corrected chi connectivity index (χ3v) is 3.50. The minimum atomic E-state index is -0.296. The Morgan fingerprint density at radius 1 is 1.32 bits per heavy atom. The molecule has 1 rings (SSSR count). The van der Waals surface area contributed by atoms with Crippen LogP contribution in [0.2, 0.25) is 0 Å². The number of nitrogens with one attached hydrogen (secondary N) is 2. The molecule has 1 heterocycles. The van der Waals surface area contributed by atoms with Gasteiger partial charge in [-0.3, -0.25) is 9.59 Å². The summed E-state index contributed by atoms with van der Waals surface area (Å²) in [6, 6.07) is 1.73. The summed E-state index contributed by atoms with van der Waals surface area (Å²) < 4.78 is 0. The van der Waals surface area contributed by atoms with Gasteiger partial charge >= 0.3 is 0 Å². The van der Waals surface area contributed by atoms with E-state index in [4.69, 9.17) is 0 Å². The van der Waals surface area contributed by atoms with Crippen LogP contribution in [0.1, 0.15) is 55.7 Å². The number of carbonyl (C=O) groups excluding carboxylic acids is 1. The number of aromatic amines is 1. The Labute approximate surface area is 114 Å². The minimum Gasteiger partial charge on any atom is -0.352 e. The lowest BCUT2D eigenvalue weighted by atomic mass is 10.1. The molecule has 4 heteroatoms. The van der Waals surface area contributed by atoms with Gasteiger partial charge in [0.15, 0.2) is 0 Å². The standard InChI is InChI=1S/C15H24N2O2/c1-5-10(4)9-16-14(18)12-8-11(6-2)13(7-3)17-15(12)19/h8,10H,5-7,9H2,1-4H3,(H,16,18)(H,17,19)/t10-/m1/s1. The van der Waals surface area contributed by atoms with Crippen LogP contribution >= 0.6 is 0 Å². The third-order valence-electron chi connectivity index (χ3n) is 3.50. The maximum Gasteiger partial charge on any atom is 0.261 e. The molecule has 1 aromatic rings. The van der Waals surface area contributed by atoms with Crippen LogP contribution in [0.3, 0.4) is 0 Å². The van der Waals surface area contributed by atoms with E-state index in [0.717, 1.165) is 30.5 Å². The van der Waals surface area contributed by atoms with Crippen LogP contribution in [0.4, 0.5) is 0 Å². The maximum absolute atomic E-state index is 12.0.